The summed E-state index contributed by atoms with van der Waals surface area (Å²) in [7, 11) is 0. The summed E-state index contributed by atoms with van der Waals surface area (Å²) in [6, 6.07) is 0. The molecule has 0 radical (unpaired) electrons. The van der Waals surface area contributed by atoms with Gasteiger partial charge in [-0.05, 0) is 0 Å². The molecule has 52 valence electrons. The van der Waals surface area contributed by atoms with Crippen molar-refractivity contribution in [3.8, 4) is 0 Å². The molecular formula is C5HBCl4. The van der Waals surface area contributed by atoms with E-state index in [1.165, 1.54) is 0 Å². The van der Waals surface area contributed by atoms with Gasteiger partial charge in [0.2, 0.25) is 0 Å². The van der Waals surface area contributed by atoms with Gasteiger partial charge >= 0.3 is 79.3 Å². The van der Waals surface area contributed by atoms with Crippen LogP contribution in [-0.2, 0) is 0 Å². The Balaban J connectivity index is 3.34. The fourth-order valence-corrected chi connectivity index (χ4v) is 1.24. The van der Waals surface area contributed by atoms with Crippen LogP contribution in [0.15, 0.2) is 5.96 Å². The van der Waals surface area contributed by atoms with Gasteiger partial charge in [-0.1, -0.05) is 0 Å². The molecule has 0 atom stereocenters. The topological polar surface area (TPSA) is 0 Å². The minimum absolute atomic E-state index is 0.302. The molecule has 0 aliphatic carbocycles. The molecule has 0 nitrogen and oxygen atoms in total. The Morgan fingerprint density at radius 3 is 2.10 bits per heavy atom. The first-order valence-corrected chi connectivity index (χ1v) is 3.93. The van der Waals surface area contributed by atoms with Crippen molar-refractivity contribution >= 4 is 53.3 Å². The van der Waals surface area contributed by atoms with Crippen molar-refractivity contribution < 1.29 is 0 Å². The van der Waals surface area contributed by atoms with Crippen LogP contribution in [-0.4, -0.2) is 6.91 Å². The van der Waals surface area contributed by atoms with E-state index in [-0.39, 0.29) is 0 Å². The predicted molar refractivity (Wildman–Crippen MR) is 47.8 cm³/mol. The molecule has 1 rings (SSSR count). The molecule has 1 aromatic heterocycles. The van der Waals surface area contributed by atoms with Gasteiger partial charge in [-0.15, -0.1) is 0 Å². The summed E-state index contributed by atoms with van der Waals surface area (Å²) in [6.07, 6.45) is 0. The normalized spacial score (nSPS) is 9.60. The Morgan fingerprint density at radius 1 is 1.00 bits per heavy atom. The second kappa shape index (κ2) is 3.31. The standard InChI is InChI=1S/C5HBCl4/c7-2-1-6-5(10)4(9)3(2)8/h1H. The average Bonchev–Trinajstić information content (AvgIpc) is 1.93. The van der Waals surface area contributed by atoms with E-state index >= 15 is 0 Å². The van der Waals surface area contributed by atoms with Crippen molar-refractivity contribution in [2.24, 2.45) is 0 Å². The summed E-state index contributed by atoms with van der Waals surface area (Å²) in [6.45, 7) is 1.60. The Hall–Kier alpha value is 0.575. The third-order valence-electron chi connectivity index (χ3n) is 0.988. The second-order valence-corrected chi connectivity index (χ2v) is 3.23. The molecule has 0 bridgehead atoms. The molecule has 5 heteroatoms. The molecule has 0 saturated carbocycles. The molecule has 0 fully saturated rings. The van der Waals surface area contributed by atoms with Gasteiger partial charge in [0, 0.05) is 0 Å². The third kappa shape index (κ3) is 1.59. The maximum atomic E-state index is 5.63. The minimum atomic E-state index is 0.302. The van der Waals surface area contributed by atoms with Crippen molar-refractivity contribution in [1.82, 2.24) is 0 Å². The van der Waals surface area contributed by atoms with E-state index in [9.17, 15) is 0 Å². The molecule has 0 amide bonds. The molecule has 0 aromatic carbocycles. The van der Waals surface area contributed by atoms with Crippen LogP contribution in [0.1, 0.15) is 0 Å². The molecular weight excluding hydrogens is 213 g/mol. The molecule has 0 unspecified atom stereocenters. The average molecular weight is 214 g/mol. The van der Waals surface area contributed by atoms with Gasteiger partial charge < -0.3 is 0 Å². The van der Waals surface area contributed by atoms with Crippen LogP contribution in [0.3, 0.4) is 0 Å². The van der Waals surface area contributed by atoms with Crippen LogP contribution in [0.4, 0.5) is 0 Å². The molecule has 0 aliphatic heterocycles. The molecule has 1 aromatic rings. The Kier molecular flexibility index (Phi) is 2.87. The van der Waals surface area contributed by atoms with Gasteiger partial charge in [0.05, 0.1) is 0 Å². The summed E-state index contributed by atoms with van der Waals surface area (Å²) >= 11 is 22.5. The molecule has 10 heavy (non-hydrogen) atoms. The van der Waals surface area contributed by atoms with Crippen molar-refractivity contribution in [1.29, 1.82) is 0 Å². The van der Waals surface area contributed by atoms with Gasteiger partial charge in [-0.3, -0.25) is 0 Å². The first-order valence-electron chi connectivity index (χ1n) is 2.42. The number of hydrogen-bond acceptors (Lipinski definition) is 0. The van der Waals surface area contributed by atoms with Crippen molar-refractivity contribution in [2.75, 3.05) is 0 Å². The van der Waals surface area contributed by atoms with E-state index in [4.69, 9.17) is 46.4 Å². The second-order valence-electron chi connectivity index (χ2n) is 1.66. The zero-order valence-electron chi connectivity index (χ0n) is 4.67. The quantitative estimate of drug-likeness (QED) is 0.617. The van der Waals surface area contributed by atoms with Crippen LogP contribution in [0.25, 0.3) is 0 Å². The Bertz CT molecular complexity index is 233. The van der Waals surface area contributed by atoms with Crippen molar-refractivity contribution in [2.45, 2.75) is 0 Å². The molecule has 0 N–H and O–H groups in total. The molecule has 0 aliphatic rings. The maximum absolute atomic E-state index is 5.63. The van der Waals surface area contributed by atoms with E-state index in [0.29, 0.717) is 20.0 Å². The number of rotatable bonds is 0. The molecule has 0 spiro atoms. The fourth-order valence-electron chi connectivity index (χ4n) is 0.502. The van der Waals surface area contributed by atoms with Crippen molar-refractivity contribution in [3.05, 3.63) is 25.9 Å². The van der Waals surface area contributed by atoms with Crippen molar-refractivity contribution in [3.63, 3.8) is 0 Å². The summed E-state index contributed by atoms with van der Waals surface area (Å²) in [5, 5.41) is 1.02. The Morgan fingerprint density at radius 2 is 1.60 bits per heavy atom. The predicted octanol–water partition coefficient (Wildman–Crippen LogP) is 3.64. The fraction of sp³-hybridized carbons (Fsp3) is 0. The van der Waals surface area contributed by atoms with E-state index in [1.54, 1.807) is 12.9 Å². The van der Waals surface area contributed by atoms with Gasteiger partial charge in [-0.2, -0.15) is 0 Å². The van der Waals surface area contributed by atoms with Crippen LogP contribution in [0.5, 0.6) is 0 Å². The van der Waals surface area contributed by atoms with Gasteiger partial charge in [0.25, 0.3) is 0 Å². The Labute approximate surface area is 79.2 Å². The van der Waals surface area contributed by atoms with Crippen LogP contribution in [0, 0.1) is 0 Å². The van der Waals surface area contributed by atoms with E-state index in [1.807, 2.05) is 0 Å². The zero-order valence-corrected chi connectivity index (χ0v) is 7.69. The first kappa shape index (κ1) is 8.67. The summed E-state index contributed by atoms with van der Waals surface area (Å²) < 4.78 is 0. The van der Waals surface area contributed by atoms with E-state index in [2.05, 4.69) is 0 Å². The third-order valence-corrected chi connectivity index (χ3v) is 2.69. The monoisotopic (exact) mass is 212 g/mol. The van der Waals surface area contributed by atoms with Gasteiger partial charge in [-0.25, -0.2) is 0 Å². The van der Waals surface area contributed by atoms with E-state index in [0.717, 1.165) is 0 Å². The number of halogens is 4. The summed E-state index contributed by atoms with van der Waals surface area (Å²) in [5.41, 5.74) is 0. The summed E-state index contributed by atoms with van der Waals surface area (Å²) in [5.74, 6) is 1.60. The van der Waals surface area contributed by atoms with Crippen LogP contribution in [0.2, 0.25) is 20.0 Å². The van der Waals surface area contributed by atoms with Gasteiger partial charge in [0.15, 0.2) is 0 Å². The van der Waals surface area contributed by atoms with Crippen LogP contribution < -0.4 is 0 Å². The number of hydrogen-bond donors (Lipinski definition) is 0. The van der Waals surface area contributed by atoms with Gasteiger partial charge in [0.1, 0.15) is 0 Å². The first-order chi connectivity index (χ1) is 4.63. The molecule has 1 heterocycles. The molecule has 0 saturated heterocycles. The van der Waals surface area contributed by atoms with E-state index < -0.39 is 0 Å². The zero-order chi connectivity index (χ0) is 7.72. The SMILES string of the molecule is Clc1bcc(Cl)c(Cl)c1Cl. The van der Waals surface area contributed by atoms with Crippen LogP contribution >= 0.6 is 46.4 Å². The summed E-state index contributed by atoms with van der Waals surface area (Å²) in [4.78, 5) is 0.413.